The van der Waals surface area contributed by atoms with Crippen LogP contribution < -0.4 is 10.1 Å². The van der Waals surface area contributed by atoms with Gasteiger partial charge < -0.3 is 10.1 Å². The number of benzene rings is 2. The molecule has 0 unspecified atom stereocenters. The van der Waals surface area contributed by atoms with Crippen molar-refractivity contribution in [2.24, 2.45) is 0 Å². The zero-order valence-electron chi connectivity index (χ0n) is 13.9. The van der Waals surface area contributed by atoms with Crippen LogP contribution >= 0.6 is 0 Å². The summed E-state index contributed by atoms with van der Waals surface area (Å²) in [6, 6.07) is 13.4. The number of carbonyl (C=O) groups excluding carboxylic acids is 1. The highest BCUT2D eigenvalue weighted by molar-refractivity contribution is 6.04. The molecule has 0 aliphatic carbocycles. The predicted octanol–water partition coefficient (Wildman–Crippen LogP) is 4.80. The van der Waals surface area contributed by atoms with Crippen LogP contribution in [0.2, 0.25) is 0 Å². The molecule has 0 heterocycles. The third-order valence-corrected chi connectivity index (χ3v) is 3.74. The molecule has 23 heavy (non-hydrogen) atoms. The molecule has 2 aromatic rings. The number of anilines is 1. The fourth-order valence-electron chi connectivity index (χ4n) is 2.39. The predicted molar refractivity (Wildman–Crippen MR) is 95.4 cm³/mol. The van der Waals surface area contributed by atoms with Crippen molar-refractivity contribution in [3.63, 3.8) is 0 Å². The summed E-state index contributed by atoms with van der Waals surface area (Å²) in [5.74, 6) is 1.11. The molecule has 0 saturated heterocycles. The molecule has 0 aromatic heterocycles. The number of rotatable bonds is 6. The largest absolute Gasteiger partial charge is 0.496 e. The van der Waals surface area contributed by atoms with Gasteiger partial charge >= 0.3 is 0 Å². The molecule has 0 radical (unpaired) electrons. The second kappa shape index (κ2) is 7.63. The van der Waals surface area contributed by atoms with Crippen LogP contribution in [0.15, 0.2) is 55.1 Å². The fraction of sp³-hybridized carbons (Fsp3) is 0.250. The first-order valence-electron chi connectivity index (χ1n) is 7.74. The van der Waals surface area contributed by atoms with Crippen molar-refractivity contribution in [1.29, 1.82) is 0 Å². The van der Waals surface area contributed by atoms with Gasteiger partial charge in [-0.2, -0.15) is 0 Å². The van der Waals surface area contributed by atoms with E-state index in [9.17, 15) is 4.79 Å². The third-order valence-electron chi connectivity index (χ3n) is 3.74. The standard InChI is InChI=1S/C20H23NO2/c1-5-6-16-13-17(9-12-19(16)23-4)20(22)21-18-10-7-15(8-11-18)14(2)3/h5,7-14H,1,6H2,2-4H3,(H,21,22). The Kier molecular flexibility index (Phi) is 5.58. The van der Waals surface area contributed by atoms with Crippen molar-refractivity contribution in [1.82, 2.24) is 0 Å². The second-order valence-corrected chi connectivity index (χ2v) is 5.75. The van der Waals surface area contributed by atoms with Crippen LogP contribution in [0.4, 0.5) is 5.69 Å². The average molecular weight is 309 g/mol. The number of methoxy groups -OCH3 is 1. The molecule has 0 aliphatic rings. The van der Waals surface area contributed by atoms with Crippen LogP contribution in [0.1, 0.15) is 41.3 Å². The molecule has 1 amide bonds. The number of allylic oxidation sites excluding steroid dienone is 1. The van der Waals surface area contributed by atoms with Crippen LogP contribution in [0, 0.1) is 0 Å². The molecule has 0 bridgehead atoms. The molecule has 120 valence electrons. The Hall–Kier alpha value is -2.55. The van der Waals surface area contributed by atoms with E-state index >= 15 is 0 Å². The Morgan fingerprint density at radius 2 is 1.91 bits per heavy atom. The van der Waals surface area contributed by atoms with Crippen LogP contribution in [0.5, 0.6) is 5.75 Å². The summed E-state index contributed by atoms with van der Waals surface area (Å²) < 4.78 is 5.31. The Morgan fingerprint density at radius 1 is 1.22 bits per heavy atom. The van der Waals surface area contributed by atoms with Gasteiger partial charge in [0.05, 0.1) is 7.11 Å². The molecule has 3 nitrogen and oxygen atoms in total. The molecule has 1 N–H and O–H groups in total. The van der Waals surface area contributed by atoms with Crippen LogP contribution in [0.25, 0.3) is 0 Å². The van der Waals surface area contributed by atoms with Gasteiger partial charge in [0.25, 0.3) is 5.91 Å². The van der Waals surface area contributed by atoms with Crippen molar-refractivity contribution >= 4 is 11.6 Å². The van der Waals surface area contributed by atoms with Gasteiger partial charge in [-0.3, -0.25) is 4.79 Å². The van der Waals surface area contributed by atoms with Crippen LogP contribution in [-0.4, -0.2) is 13.0 Å². The highest BCUT2D eigenvalue weighted by Crippen LogP contribution is 2.22. The minimum Gasteiger partial charge on any atom is -0.496 e. The van der Waals surface area contributed by atoms with E-state index in [2.05, 4.69) is 25.7 Å². The first-order valence-corrected chi connectivity index (χ1v) is 7.74. The Morgan fingerprint density at radius 3 is 2.48 bits per heavy atom. The topological polar surface area (TPSA) is 38.3 Å². The van der Waals surface area contributed by atoms with Crippen LogP contribution in [0.3, 0.4) is 0 Å². The molecule has 0 fully saturated rings. The van der Waals surface area contributed by atoms with E-state index in [0.717, 1.165) is 17.0 Å². The lowest BCUT2D eigenvalue weighted by atomic mass is 10.0. The van der Waals surface area contributed by atoms with E-state index in [4.69, 9.17) is 4.74 Å². The number of hydrogen-bond donors (Lipinski definition) is 1. The lowest BCUT2D eigenvalue weighted by Gasteiger charge is -2.11. The van der Waals surface area contributed by atoms with Crippen molar-refractivity contribution in [3.8, 4) is 5.75 Å². The Labute approximate surface area is 138 Å². The van der Waals surface area contributed by atoms with Gasteiger partial charge in [0.1, 0.15) is 5.75 Å². The quantitative estimate of drug-likeness (QED) is 0.778. The van der Waals surface area contributed by atoms with Gasteiger partial charge in [-0.05, 0) is 53.8 Å². The van der Waals surface area contributed by atoms with Crippen molar-refractivity contribution in [2.75, 3.05) is 12.4 Å². The van der Waals surface area contributed by atoms with Gasteiger partial charge in [-0.1, -0.05) is 32.1 Å². The van der Waals surface area contributed by atoms with E-state index in [1.165, 1.54) is 5.56 Å². The summed E-state index contributed by atoms with van der Waals surface area (Å²) in [6.45, 7) is 8.03. The van der Waals surface area contributed by atoms with Crippen molar-refractivity contribution in [2.45, 2.75) is 26.2 Å². The lowest BCUT2D eigenvalue weighted by Crippen LogP contribution is -2.12. The van der Waals surface area contributed by atoms with Gasteiger partial charge in [-0.15, -0.1) is 6.58 Å². The van der Waals surface area contributed by atoms with E-state index in [-0.39, 0.29) is 5.91 Å². The molecule has 3 heteroatoms. The van der Waals surface area contributed by atoms with Crippen molar-refractivity contribution in [3.05, 3.63) is 71.8 Å². The highest BCUT2D eigenvalue weighted by atomic mass is 16.5. The number of amides is 1. The molecule has 2 rings (SSSR count). The normalized spacial score (nSPS) is 10.4. The summed E-state index contributed by atoms with van der Waals surface area (Å²) in [4.78, 5) is 12.4. The van der Waals surface area contributed by atoms with E-state index in [0.29, 0.717) is 17.9 Å². The first-order chi connectivity index (χ1) is 11.0. The summed E-state index contributed by atoms with van der Waals surface area (Å²) in [6.07, 6.45) is 2.46. The summed E-state index contributed by atoms with van der Waals surface area (Å²) >= 11 is 0. The fourth-order valence-corrected chi connectivity index (χ4v) is 2.39. The molecule has 0 saturated carbocycles. The number of nitrogens with one attached hydrogen (secondary N) is 1. The van der Waals surface area contributed by atoms with Crippen molar-refractivity contribution < 1.29 is 9.53 Å². The molecular formula is C20H23NO2. The molecular weight excluding hydrogens is 286 g/mol. The third kappa shape index (κ3) is 4.22. The smallest absolute Gasteiger partial charge is 0.255 e. The number of ether oxygens (including phenoxy) is 1. The monoisotopic (exact) mass is 309 g/mol. The Bertz CT molecular complexity index is 687. The minimum absolute atomic E-state index is 0.129. The number of carbonyl (C=O) groups is 1. The van der Waals surface area contributed by atoms with Gasteiger partial charge in [0.15, 0.2) is 0 Å². The van der Waals surface area contributed by atoms with Gasteiger partial charge in [0, 0.05) is 11.3 Å². The van der Waals surface area contributed by atoms with E-state index < -0.39 is 0 Å². The van der Waals surface area contributed by atoms with Gasteiger partial charge in [0.2, 0.25) is 0 Å². The Balaban J connectivity index is 2.16. The summed E-state index contributed by atoms with van der Waals surface area (Å²) in [5, 5.41) is 2.93. The van der Waals surface area contributed by atoms with E-state index in [1.54, 1.807) is 19.3 Å². The summed E-state index contributed by atoms with van der Waals surface area (Å²) in [7, 11) is 1.62. The van der Waals surface area contributed by atoms with Crippen LogP contribution in [-0.2, 0) is 6.42 Å². The average Bonchev–Trinajstić information content (AvgIpc) is 2.55. The van der Waals surface area contributed by atoms with Gasteiger partial charge in [-0.25, -0.2) is 0 Å². The first kappa shape index (κ1) is 16.8. The maximum atomic E-state index is 12.4. The molecule has 0 aliphatic heterocycles. The second-order valence-electron chi connectivity index (χ2n) is 5.75. The molecule has 0 spiro atoms. The SMILES string of the molecule is C=CCc1cc(C(=O)Nc2ccc(C(C)C)cc2)ccc1OC. The maximum Gasteiger partial charge on any atom is 0.255 e. The summed E-state index contributed by atoms with van der Waals surface area (Å²) in [5.41, 5.74) is 3.60. The number of hydrogen-bond acceptors (Lipinski definition) is 2. The molecule has 2 aromatic carbocycles. The maximum absolute atomic E-state index is 12.4. The van der Waals surface area contributed by atoms with E-state index in [1.807, 2.05) is 36.4 Å². The highest BCUT2D eigenvalue weighted by Gasteiger charge is 2.10. The minimum atomic E-state index is -0.129. The zero-order chi connectivity index (χ0) is 16.8. The molecule has 0 atom stereocenters. The lowest BCUT2D eigenvalue weighted by molar-refractivity contribution is 0.102. The zero-order valence-corrected chi connectivity index (χ0v) is 13.9.